The summed E-state index contributed by atoms with van der Waals surface area (Å²) < 4.78 is 59.1. The first-order chi connectivity index (χ1) is 9.55. The Balaban J connectivity index is 4.18. The maximum atomic E-state index is 12.1. The van der Waals surface area contributed by atoms with E-state index < -0.39 is 23.8 Å². The fourth-order valence-electron chi connectivity index (χ4n) is 1.42. The molecule has 0 aromatic carbocycles. The van der Waals surface area contributed by atoms with E-state index in [2.05, 4.69) is 25.5 Å². The van der Waals surface area contributed by atoms with Crippen molar-refractivity contribution in [2.24, 2.45) is 5.41 Å². The van der Waals surface area contributed by atoms with E-state index in [1.54, 1.807) is 11.4 Å². The zero-order valence-electron chi connectivity index (χ0n) is 13.2. The summed E-state index contributed by atoms with van der Waals surface area (Å²) >= 11 is 0. The highest BCUT2D eigenvalue weighted by molar-refractivity contribution is 7.82. The molecule has 8 heteroatoms. The molecule has 0 aromatic rings. The molecule has 0 aliphatic carbocycles. The van der Waals surface area contributed by atoms with E-state index in [0.29, 0.717) is 19.7 Å². The molecule has 0 bridgehead atoms. The first kappa shape index (κ1) is 20.8. The summed E-state index contributed by atoms with van der Waals surface area (Å²) in [6, 6.07) is 0. The number of rotatable bonds is 10. The van der Waals surface area contributed by atoms with Gasteiger partial charge < -0.3 is 9.47 Å². The van der Waals surface area contributed by atoms with Crippen LogP contribution in [0.15, 0.2) is 0 Å². The van der Waals surface area contributed by atoms with E-state index in [9.17, 15) is 17.4 Å². The van der Waals surface area contributed by atoms with Gasteiger partial charge in [0.25, 0.3) is 0 Å². The van der Waals surface area contributed by atoms with Crippen molar-refractivity contribution in [2.45, 2.75) is 33.4 Å². The van der Waals surface area contributed by atoms with Crippen LogP contribution in [-0.4, -0.2) is 60.5 Å². The molecule has 0 aliphatic heterocycles. The minimum atomic E-state index is -4.34. The van der Waals surface area contributed by atoms with Crippen molar-refractivity contribution in [1.29, 1.82) is 0 Å². The van der Waals surface area contributed by atoms with Gasteiger partial charge in [-0.05, 0) is 11.8 Å². The second-order valence-corrected chi connectivity index (χ2v) is 7.49. The standard InChI is InChI=1S/C13H26F3NO3S/c1-12(2,3)5-6-17(7-8-19-4)21(18)10-9-20-11-13(14,15)16/h5-11H2,1-4H3. The number of halogens is 3. The molecule has 1 atom stereocenters. The fourth-order valence-corrected chi connectivity index (χ4v) is 2.51. The first-order valence-corrected chi connectivity index (χ1v) is 8.09. The Kier molecular flexibility index (Phi) is 9.68. The van der Waals surface area contributed by atoms with Crippen molar-refractivity contribution in [3.63, 3.8) is 0 Å². The van der Waals surface area contributed by atoms with Crippen molar-refractivity contribution in [1.82, 2.24) is 4.31 Å². The Morgan fingerprint density at radius 3 is 2.19 bits per heavy atom. The Morgan fingerprint density at radius 1 is 1.10 bits per heavy atom. The van der Waals surface area contributed by atoms with Crippen LogP contribution >= 0.6 is 0 Å². The summed E-state index contributed by atoms with van der Waals surface area (Å²) in [5.41, 5.74) is 0.0995. The van der Waals surface area contributed by atoms with E-state index in [-0.39, 0.29) is 17.8 Å². The molecule has 1 unspecified atom stereocenters. The molecule has 0 rings (SSSR count). The molecular formula is C13H26F3NO3S. The van der Waals surface area contributed by atoms with Crippen LogP contribution in [0.3, 0.4) is 0 Å². The predicted molar refractivity (Wildman–Crippen MR) is 77.4 cm³/mol. The average Bonchev–Trinajstić information content (AvgIpc) is 2.32. The summed E-state index contributed by atoms with van der Waals surface area (Å²) in [4.78, 5) is 0. The van der Waals surface area contributed by atoms with E-state index >= 15 is 0 Å². The van der Waals surface area contributed by atoms with Gasteiger partial charge in [-0.15, -0.1) is 0 Å². The van der Waals surface area contributed by atoms with Crippen molar-refractivity contribution >= 4 is 11.0 Å². The quantitative estimate of drug-likeness (QED) is 0.577. The molecule has 0 fully saturated rings. The van der Waals surface area contributed by atoms with Crippen molar-refractivity contribution in [2.75, 3.05) is 45.8 Å². The summed E-state index contributed by atoms with van der Waals surface area (Å²) in [6.07, 6.45) is -3.50. The molecule has 0 saturated carbocycles. The highest BCUT2D eigenvalue weighted by Crippen LogP contribution is 2.19. The number of hydrogen-bond donors (Lipinski definition) is 0. The van der Waals surface area contributed by atoms with Gasteiger partial charge in [0.2, 0.25) is 0 Å². The molecule has 21 heavy (non-hydrogen) atoms. The van der Waals surface area contributed by atoms with Gasteiger partial charge in [0.15, 0.2) is 0 Å². The van der Waals surface area contributed by atoms with E-state index in [1.807, 2.05) is 0 Å². The van der Waals surface area contributed by atoms with Crippen molar-refractivity contribution < 1.29 is 26.9 Å². The predicted octanol–water partition coefficient (Wildman–Crippen LogP) is 2.61. The van der Waals surface area contributed by atoms with Crippen molar-refractivity contribution in [3.8, 4) is 0 Å². The monoisotopic (exact) mass is 333 g/mol. The van der Waals surface area contributed by atoms with Gasteiger partial charge in [0, 0.05) is 20.2 Å². The summed E-state index contributed by atoms with van der Waals surface area (Å²) in [7, 11) is 0.192. The Bertz CT molecular complexity index is 306. The van der Waals surface area contributed by atoms with Crippen LogP contribution in [0.2, 0.25) is 0 Å². The third-order valence-corrected chi connectivity index (χ3v) is 4.07. The number of nitrogens with zero attached hydrogens (tertiary/aromatic N) is 1. The van der Waals surface area contributed by atoms with Gasteiger partial charge in [-0.1, -0.05) is 20.8 Å². The van der Waals surface area contributed by atoms with E-state index in [4.69, 9.17) is 4.74 Å². The Labute approximate surface area is 127 Å². The lowest BCUT2D eigenvalue weighted by molar-refractivity contribution is -0.172. The average molecular weight is 333 g/mol. The highest BCUT2D eigenvalue weighted by Gasteiger charge is 2.27. The molecule has 0 amide bonds. The molecule has 0 spiro atoms. The number of methoxy groups -OCH3 is 1. The number of hydrogen-bond acceptors (Lipinski definition) is 3. The fraction of sp³-hybridized carbons (Fsp3) is 1.00. The molecule has 0 N–H and O–H groups in total. The molecule has 128 valence electrons. The molecule has 0 aromatic heterocycles. The zero-order valence-corrected chi connectivity index (χ0v) is 14.0. The van der Waals surface area contributed by atoms with Crippen LogP contribution in [0, 0.1) is 5.41 Å². The van der Waals surface area contributed by atoms with Gasteiger partial charge in [0.1, 0.15) is 6.61 Å². The van der Waals surface area contributed by atoms with Crippen LogP contribution in [0.5, 0.6) is 0 Å². The number of ether oxygens (including phenoxy) is 2. The summed E-state index contributed by atoms with van der Waals surface area (Å²) in [5.74, 6) is 0.0595. The second-order valence-electron chi connectivity index (χ2n) is 5.93. The summed E-state index contributed by atoms with van der Waals surface area (Å²) in [5, 5.41) is 0. The van der Waals surface area contributed by atoms with Gasteiger partial charge in [-0.3, -0.25) is 0 Å². The van der Waals surface area contributed by atoms with Gasteiger partial charge in [0.05, 0.1) is 30.0 Å². The number of alkyl halides is 3. The third kappa shape index (κ3) is 13.2. The Hall–Kier alpha value is -0.180. The molecule has 0 saturated heterocycles. The lowest BCUT2D eigenvalue weighted by Crippen LogP contribution is -2.35. The first-order valence-electron chi connectivity index (χ1n) is 6.82. The van der Waals surface area contributed by atoms with Crippen molar-refractivity contribution in [3.05, 3.63) is 0 Å². The maximum absolute atomic E-state index is 12.1. The SMILES string of the molecule is COCCN(CCC(C)(C)C)S(=O)CCOCC(F)(F)F. The lowest BCUT2D eigenvalue weighted by atomic mass is 9.92. The van der Waals surface area contributed by atoms with Crippen LogP contribution in [0.4, 0.5) is 13.2 Å². The maximum Gasteiger partial charge on any atom is 0.411 e. The van der Waals surface area contributed by atoms with Crippen LogP contribution in [0.1, 0.15) is 27.2 Å². The van der Waals surface area contributed by atoms with Gasteiger partial charge >= 0.3 is 6.18 Å². The largest absolute Gasteiger partial charge is 0.411 e. The molecule has 0 radical (unpaired) electrons. The molecule has 0 heterocycles. The van der Waals surface area contributed by atoms with E-state index in [0.717, 1.165) is 6.42 Å². The third-order valence-electron chi connectivity index (χ3n) is 2.61. The summed E-state index contributed by atoms with van der Waals surface area (Å²) in [6.45, 7) is 6.29. The highest BCUT2D eigenvalue weighted by atomic mass is 32.2. The topological polar surface area (TPSA) is 38.8 Å². The minimum Gasteiger partial charge on any atom is -0.383 e. The minimum absolute atomic E-state index is 0.0595. The van der Waals surface area contributed by atoms with Crippen LogP contribution < -0.4 is 0 Å². The van der Waals surface area contributed by atoms with E-state index in [1.165, 1.54) is 0 Å². The molecule has 4 nitrogen and oxygen atoms in total. The van der Waals surface area contributed by atoms with Crippen LogP contribution in [-0.2, 0) is 20.5 Å². The Morgan fingerprint density at radius 2 is 1.71 bits per heavy atom. The lowest BCUT2D eigenvalue weighted by Gasteiger charge is -2.25. The molecular weight excluding hydrogens is 307 g/mol. The second kappa shape index (κ2) is 9.76. The normalized spacial score (nSPS) is 14.7. The molecule has 0 aliphatic rings. The van der Waals surface area contributed by atoms with Gasteiger partial charge in [-0.25, -0.2) is 8.51 Å². The van der Waals surface area contributed by atoms with Gasteiger partial charge in [-0.2, -0.15) is 13.2 Å². The zero-order chi connectivity index (χ0) is 16.5. The smallest absolute Gasteiger partial charge is 0.383 e. The van der Waals surface area contributed by atoms with Crippen LogP contribution in [0.25, 0.3) is 0 Å².